The summed E-state index contributed by atoms with van der Waals surface area (Å²) >= 11 is 0. The monoisotopic (exact) mass is 198 g/mol. The summed E-state index contributed by atoms with van der Waals surface area (Å²) in [6.07, 6.45) is 6.65. The van der Waals surface area contributed by atoms with Crippen molar-refractivity contribution in [3.8, 4) is 0 Å². The van der Waals surface area contributed by atoms with E-state index in [9.17, 15) is 0 Å². The number of hydrogen-bond acceptors (Lipinski definition) is 0. The van der Waals surface area contributed by atoms with E-state index in [1.54, 1.807) is 0 Å². The first kappa shape index (κ1) is 11.9. The lowest BCUT2D eigenvalue weighted by molar-refractivity contribution is 1.13. The summed E-state index contributed by atoms with van der Waals surface area (Å²) in [6, 6.07) is 2.97. The molecule has 0 atom stereocenters. The highest BCUT2D eigenvalue weighted by Gasteiger charge is 2.13. The van der Waals surface area contributed by atoms with E-state index in [1.807, 2.05) is 0 Å². The normalized spacial score (nSPS) is 10.7. The van der Waals surface area contributed by atoms with Gasteiger partial charge in [0.25, 0.3) is 0 Å². The minimum atomic E-state index is -0.346. The smallest absolute Gasteiger partial charge is 0.0280 e. The Balaban J connectivity index is 3.68. The molecule has 0 aliphatic heterocycles. The molecule has 12 heavy (non-hydrogen) atoms. The molecule has 0 radical (unpaired) electrons. The van der Waals surface area contributed by atoms with Crippen molar-refractivity contribution in [2.75, 3.05) is 0 Å². The zero-order valence-corrected chi connectivity index (χ0v) is 10.9. The summed E-state index contributed by atoms with van der Waals surface area (Å²) in [7, 11) is -0.651. The van der Waals surface area contributed by atoms with E-state index < -0.39 is 0 Å². The molecule has 0 bridgehead atoms. The van der Waals surface area contributed by atoms with Gasteiger partial charge >= 0.3 is 0 Å². The Kier molecular flexibility index (Phi) is 7.50. The Morgan fingerprint density at radius 2 is 1.42 bits per heavy atom. The van der Waals surface area contributed by atoms with Crippen molar-refractivity contribution in [3.05, 3.63) is 25.3 Å². The van der Waals surface area contributed by atoms with Crippen LogP contribution in [0, 0.1) is 0 Å². The van der Waals surface area contributed by atoms with E-state index in [2.05, 4.69) is 38.4 Å². The van der Waals surface area contributed by atoms with Gasteiger partial charge < -0.3 is 0 Å². The molecule has 0 nitrogen and oxygen atoms in total. The summed E-state index contributed by atoms with van der Waals surface area (Å²) in [6.45, 7) is 12.6. The number of allylic oxidation sites excluding steroid dienone is 2. The summed E-state index contributed by atoms with van der Waals surface area (Å²) in [5.74, 6) is 0. The fourth-order valence-electron chi connectivity index (χ4n) is 1.47. The minimum absolute atomic E-state index is 0.305. The molecule has 0 fully saturated rings. The molecule has 0 saturated heterocycles. The fourth-order valence-corrected chi connectivity index (χ4v) is 9.58. The topological polar surface area (TPSA) is 0 Å². The van der Waals surface area contributed by atoms with Gasteiger partial charge in [0.05, 0.1) is 0 Å². The molecule has 0 aromatic carbocycles. The first-order valence-corrected chi connectivity index (χ1v) is 11.5. The highest BCUT2D eigenvalue weighted by atomic mass is 29.2. The van der Waals surface area contributed by atoms with Gasteiger partial charge in [-0.2, -0.15) is 0 Å². The van der Waals surface area contributed by atoms with Gasteiger partial charge in [-0.3, -0.25) is 0 Å². The van der Waals surface area contributed by atoms with Crippen molar-refractivity contribution in [2.45, 2.75) is 38.0 Å². The molecule has 0 spiro atoms. The second-order valence-corrected chi connectivity index (χ2v) is 15.7. The van der Waals surface area contributed by atoms with Crippen molar-refractivity contribution >= 4 is 16.6 Å². The lowest BCUT2D eigenvalue weighted by Crippen LogP contribution is -2.29. The Morgan fingerprint density at radius 3 is 1.67 bits per heavy atom. The molecule has 0 aromatic heterocycles. The summed E-state index contributed by atoms with van der Waals surface area (Å²) in [5, 5.41) is 0. The van der Waals surface area contributed by atoms with E-state index in [1.165, 1.54) is 24.9 Å². The fraction of sp³-hybridized carbons (Fsp3) is 0.600. The standard InChI is InChI=1S/C10H22Si2/c1-5-7-9-12(11(3)4)10-8-6-2/h5-6,11-12H,1-2,7-10H2,3-4H3. The molecule has 0 aliphatic rings. The van der Waals surface area contributed by atoms with Gasteiger partial charge in [0.15, 0.2) is 0 Å². The predicted octanol–water partition coefficient (Wildman–Crippen LogP) is 2.93. The van der Waals surface area contributed by atoms with Gasteiger partial charge in [0.2, 0.25) is 0 Å². The molecule has 0 amide bonds. The summed E-state index contributed by atoms with van der Waals surface area (Å²) in [5.41, 5.74) is 0. The van der Waals surface area contributed by atoms with Gasteiger partial charge in [0.1, 0.15) is 0 Å². The lowest BCUT2D eigenvalue weighted by Gasteiger charge is -2.16. The first-order chi connectivity index (χ1) is 5.72. The molecule has 0 aliphatic carbocycles. The number of hydrogen-bond donors (Lipinski definition) is 0. The van der Waals surface area contributed by atoms with Crippen LogP contribution in [0.15, 0.2) is 25.3 Å². The second kappa shape index (κ2) is 7.56. The van der Waals surface area contributed by atoms with Gasteiger partial charge in [-0.1, -0.05) is 37.3 Å². The summed E-state index contributed by atoms with van der Waals surface area (Å²) in [4.78, 5) is 0. The average Bonchev–Trinajstić information content (AvgIpc) is 2.04. The minimum Gasteiger partial charge on any atom is -0.103 e. The molecule has 70 valence electrons. The first-order valence-electron chi connectivity index (χ1n) is 4.94. The third kappa shape index (κ3) is 5.55. The van der Waals surface area contributed by atoms with E-state index in [0.29, 0.717) is 0 Å². The molecule has 0 rings (SSSR count). The van der Waals surface area contributed by atoms with Crippen LogP contribution in [0.1, 0.15) is 12.8 Å². The molecular formula is C10H22Si2. The molecule has 0 heterocycles. The van der Waals surface area contributed by atoms with Gasteiger partial charge in [-0.15, -0.1) is 13.2 Å². The van der Waals surface area contributed by atoms with Crippen LogP contribution >= 0.6 is 0 Å². The van der Waals surface area contributed by atoms with E-state index in [4.69, 9.17) is 0 Å². The maximum Gasteiger partial charge on any atom is 0.0280 e. The molecule has 2 heteroatoms. The van der Waals surface area contributed by atoms with Gasteiger partial charge in [-0.25, -0.2) is 0 Å². The number of rotatable bonds is 7. The van der Waals surface area contributed by atoms with Crippen LogP contribution in [0.25, 0.3) is 0 Å². The maximum absolute atomic E-state index is 3.79. The van der Waals surface area contributed by atoms with Gasteiger partial charge in [-0.05, 0) is 12.8 Å². The van der Waals surface area contributed by atoms with Gasteiger partial charge in [0, 0.05) is 16.6 Å². The Labute approximate surface area is 80.4 Å². The Hall–Kier alpha value is -0.0862. The van der Waals surface area contributed by atoms with Crippen LogP contribution in [-0.4, -0.2) is 16.6 Å². The third-order valence-electron chi connectivity index (χ3n) is 2.43. The van der Waals surface area contributed by atoms with Crippen LogP contribution in [-0.2, 0) is 0 Å². The van der Waals surface area contributed by atoms with Crippen LogP contribution in [0.4, 0.5) is 0 Å². The molecule has 0 N–H and O–H groups in total. The zero-order chi connectivity index (χ0) is 9.40. The zero-order valence-electron chi connectivity index (χ0n) is 8.55. The van der Waals surface area contributed by atoms with Crippen LogP contribution in [0.3, 0.4) is 0 Å². The second-order valence-electron chi connectivity index (χ2n) is 3.74. The van der Waals surface area contributed by atoms with Crippen LogP contribution < -0.4 is 0 Å². The Bertz CT molecular complexity index is 118. The van der Waals surface area contributed by atoms with E-state index in [0.717, 1.165) is 0 Å². The highest BCUT2D eigenvalue weighted by molar-refractivity contribution is 7.21. The van der Waals surface area contributed by atoms with Crippen molar-refractivity contribution < 1.29 is 0 Å². The van der Waals surface area contributed by atoms with Crippen molar-refractivity contribution in [1.29, 1.82) is 0 Å². The van der Waals surface area contributed by atoms with E-state index in [-0.39, 0.29) is 16.6 Å². The van der Waals surface area contributed by atoms with E-state index >= 15 is 0 Å². The van der Waals surface area contributed by atoms with Crippen molar-refractivity contribution in [2.24, 2.45) is 0 Å². The average molecular weight is 198 g/mol. The van der Waals surface area contributed by atoms with Crippen molar-refractivity contribution in [3.63, 3.8) is 0 Å². The highest BCUT2D eigenvalue weighted by Crippen LogP contribution is 2.10. The van der Waals surface area contributed by atoms with Crippen LogP contribution in [0.5, 0.6) is 0 Å². The third-order valence-corrected chi connectivity index (χ3v) is 14.1. The summed E-state index contributed by atoms with van der Waals surface area (Å²) < 4.78 is 0. The molecular weight excluding hydrogens is 176 g/mol. The predicted molar refractivity (Wildman–Crippen MR) is 65.3 cm³/mol. The molecule has 0 unspecified atom stereocenters. The molecule has 0 saturated carbocycles. The quantitative estimate of drug-likeness (QED) is 0.436. The van der Waals surface area contributed by atoms with Crippen LogP contribution in [0.2, 0.25) is 25.2 Å². The lowest BCUT2D eigenvalue weighted by atomic mass is 10.5. The maximum atomic E-state index is 3.79. The molecule has 0 aromatic rings. The SMILES string of the molecule is C=CCC[SiH](CCC=C)[SiH](C)C. The van der Waals surface area contributed by atoms with Crippen molar-refractivity contribution in [1.82, 2.24) is 0 Å². The largest absolute Gasteiger partial charge is 0.103 e. The Morgan fingerprint density at radius 1 is 1.00 bits per heavy atom.